The van der Waals surface area contributed by atoms with E-state index in [1.807, 2.05) is 4.90 Å². The lowest BCUT2D eigenvalue weighted by molar-refractivity contribution is 0.0771. The topological polar surface area (TPSA) is 41.6 Å². The molecule has 0 aromatic carbocycles. The Morgan fingerprint density at radius 3 is 2.94 bits per heavy atom. The highest BCUT2D eigenvalue weighted by molar-refractivity contribution is 9.11. The molecule has 1 aromatic heterocycles. The van der Waals surface area contributed by atoms with Crippen LogP contribution in [0.3, 0.4) is 0 Å². The Kier molecular flexibility index (Phi) is 6.42. The van der Waals surface area contributed by atoms with Gasteiger partial charge in [-0.05, 0) is 28.9 Å². The molecule has 0 spiro atoms. The monoisotopic (exact) mass is 354 g/mol. The highest BCUT2D eigenvalue weighted by Crippen LogP contribution is 2.34. The van der Waals surface area contributed by atoms with Crippen molar-refractivity contribution < 1.29 is 9.53 Å². The number of amides is 1. The molecule has 0 bridgehead atoms. The summed E-state index contributed by atoms with van der Waals surface area (Å²) in [5.74, 6) is 0.828. The second kappa shape index (κ2) is 7.33. The van der Waals surface area contributed by atoms with Gasteiger partial charge in [-0.1, -0.05) is 0 Å². The summed E-state index contributed by atoms with van der Waals surface area (Å²) in [6.45, 7) is 3.46. The fraction of sp³-hybridized carbons (Fsp3) is 0.545. The van der Waals surface area contributed by atoms with E-state index in [0.29, 0.717) is 0 Å². The van der Waals surface area contributed by atoms with Crippen LogP contribution in [0.5, 0.6) is 5.75 Å². The Morgan fingerprint density at radius 2 is 2.28 bits per heavy atom. The molecule has 18 heavy (non-hydrogen) atoms. The summed E-state index contributed by atoms with van der Waals surface area (Å²) in [7, 11) is 1.61. The molecule has 1 aromatic rings. The summed E-state index contributed by atoms with van der Waals surface area (Å²) >= 11 is 4.82. The second-order valence-electron chi connectivity index (χ2n) is 3.85. The van der Waals surface area contributed by atoms with Gasteiger partial charge in [-0.2, -0.15) is 0 Å². The maximum atomic E-state index is 12.3. The van der Waals surface area contributed by atoms with E-state index in [1.54, 1.807) is 13.2 Å². The summed E-state index contributed by atoms with van der Waals surface area (Å²) in [5.41, 5.74) is 0. The van der Waals surface area contributed by atoms with Gasteiger partial charge in [0.15, 0.2) is 0 Å². The van der Waals surface area contributed by atoms with Crippen molar-refractivity contribution in [1.82, 2.24) is 10.2 Å². The molecule has 1 N–H and O–H groups in total. The smallest absolute Gasteiger partial charge is 0.264 e. The number of nitrogens with zero attached hydrogens (tertiary/aromatic N) is 1. The van der Waals surface area contributed by atoms with Gasteiger partial charge < -0.3 is 15.0 Å². The Bertz CT molecular complexity index is 406. The first-order valence-corrected chi connectivity index (χ1v) is 7.16. The predicted octanol–water partition coefficient (Wildman–Crippen LogP) is 2.38. The van der Waals surface area contributed by atoms with Crippen LogP contribution in [-0.4, -0.2) is 44.1 Å². The molecular weight excluding hydrogens is 340 g/mol. The van der Waals surface area contributed by atoms with E-state index in [9.17, 15) is 4.79 Å². The van der Waals surface area contributed by atoms with Crippen LogP contribution in [0.1, 0.15) is 16.1 Å². The molecular formula is C11H16BrClN2O2S. The van der Waals surface area contributed by atoms with Crippen molar-refractivity contribution in [1.29, 1.82) is 0 Å². The molecule has 1 aliphatic heterocycles. The minimum atomic E-state index is 0. The molecule has 1 fully saturated rings. The third kappa shape index (κ3) is 3.60. The molecule has 102 valence electrons. The molecule has 0 atom stereocenters. The predicted molar refractivity (Wildman–Crippen MR) is 79.2 cm³/mol. The first-order chi connectivity index (χ1) is 8.22. The number of thiophene rings is 1. The molecule has 0 saturated carbocycles. The average molecular weight is 356 g/mol. The molecule has 0 radical (unpaired) electrons. The number of carbonyl (C=O) groups is 1. The fourth-order valence-electron chi connectivity index (χ4n) is 1.80. The maximum absolute atomic E-state index is 12.3. The third-order valence-corrected chi connectivity index (χ3v) is 4.48. The number of hydrogen-bond donors (Lipinski definition) is 1. The lowest BCUT2D eigenvalue weighted by Gasteiger charge is -2.18. The van der Waals surface area contributed by atoms with Crippen molar-refractivity contribution >= 4 is 45.6 Å². The largest absolute Gasteiger partial charge is 0.495 e. The van der Waals surface area contributed by atoms with E-state index in [1.165, 1.54) is 11.3 Å². The SMILES string of the molecule is COc1cc(C(=O)N2CCCNCC2)sc1Br.Cl. The molecule has 0 aliphatic carbocycles. The molecule has 2 heterocycles. The Labute approximate surface area is 125 Å². The number of methoxy groups -OCH3 is 1. The lowest BCUT2D eigenvalue weighted by Crippen LogP contribution is -2.33. The van der Waals surface area contributed by atoms with Crippen LogP contribution in [0.4, 0.5) is 0 Å². The van der Waals surface area contributed by atoms with Gasteiger partial charge in [-0.3, -0.25) is 4.79 Å². The molecule has 1 aliphatic rings. The Hall–Kier alpha value is -0.300. The summed E-state index contributed by atoms with van der Waals surface area (Å²) < 4.78 is 6.04. The number of rotatable bonds is 2. The van der Waals surface area contributed by atoms with E-state index < -0.39 is 0 Å². The minimum Gasteiger partial charge on any atom is -0.495 e. The van der Waals surface area contributed by atoms with E-state index >= 15 is 0 Å². The van der Waals surface area contributed by atoms with E-state index in [4.69, 9.17) is 4.74 Å². The van der Waals surface area contributed by atoms with Gasteiger partial charge in [0, 0.05) is 25.7 Å². The summed E-state index contributed by atoms with van der Waals surface area (Å²) in [6, 6.07) is 1.80. The number of halogens is 2. The number of carbonyl (C=O) groups excluding carboxylic acids is 1. The van der Waals surface area contributed by atoms with Crippen molar-refractivity contribution in [3.05, 3.63) is 14.7 Å². The quantitative estimate of drug-likeness (QED) is 0.885. The van der Waals surface area contributed by atoms with E-state index in [2.05, 4.69) is 21.2 Å². The van der Waals surface area contributed by atoms with Crippen LogP contribution < -0.4 is 10.1 Å². The van der Waals surface area contributed by atoms with Crippen molar-refractivity contribution in [3.63, 3.8) is 0 Å². The molecule has 2 rings (SSSR count). The zero-order chi connectivity index (χ0) is 12.3. The third-order valence-electron chi connectivity index (χ3n) is 2.71. The minimum absolute atomic E-state index is 0. The van der Waals surface area contributed by atoms with Crippen molar-refractivity contribution in [3.8, 4) is 5.75 Å². The maximum Gasteiger partial charge on any atom is 0.264 e. The van der Waals surface area contributed by atoms with Gasteiger partial charge in [0.05, 0.1) is 12.0 Å². The van der Waals surface area contributed by atoms with Crippen LogP contribution in [0, 0.1) is 0 Å². The average Bonchev–Trinajstić information content (AvgIpc) is 2.56. The van der Waals surface area contributed by atoms with Crippen LogP contribution in [0.25, 0.3) is 0 Å². The lowest BCUT2D eigenvalue weighted by atomic mass is 10.3. The van der Waals surface area contributed by atoms with Crippen LogP contribution in [-0.2, 0) is 0 Å². The summed E-state index contributed by atoms with van der Waals surface area (Å²) in [5, 5.41) is 3.29. The molecule has 1 saturated heterocycles. The van der Waals surface area contributed by atoms with Gasteiger partial charge in [-0.15, -0.1) is 23.7 Å². The van der Waals surface area contributed by atoms with Crippen LogP contribution >= 0.6 is 39.7 Å². The van der Waals surface area contributed by atoms with Gasteiger partial charge in [-0.25, -0.2) is 0 Å². The van der Waals surface area contributed by atoms with Gasteiger partial charge in [0.1, 0.15) is 9.54 Å². The summed E-state index contributed by atoms with van der Waals surface area (Å²) in [6.07, 6.45) is 1.01. The van der Waals surface area contributed by atoms with Crippen LogP contribution in [0.2, 0.25) is 0 Å². The molecule has 1 amide bonds. The van der Waals surface area contributed by atoms with Gasteiger partial charge >= 0.3 is 0 Å². The van der Waals surface area contributed by atoms with E-state index in [-0.39, 0.29) is 18.3 Å². The Balaban J connectivity index is 0.00000162. The van der Waals surface area contributed by atoms with Gasteiger partial charge in [0.25, 0.3) is 5.91 Å². The molecule has 4 nitrogen and oxygen atoms in total. The van der Waals surface area contributed by atoms with Gasteiger partial charge in [0.2, 0.25) is 0 Å². The molecule has 7 heteroatoms. The number of hydrogen-bond acceptors (Lipinski definition) is 4. The summed E-state index contributed by atoms with van der Waals surface area (Å²) in [4.78, 5) is 14.9. The molecule has 0 unspecified atom stereocenters. The Morgan fingerprint density at radius 1 is 1.50 bits per heavy atom. The number of ether oxygens (including phenoxy) is 1. The standard InChI is InChI=1S/C11H15BrN2O2S.ClH/c1-16-8-7-9(17-10(8)12)11(15)14-5-2-3-13-4-6-14;/h7,13H,2-6H2,1H3;1H. The second-order valence-corrected chi connectivity index (χ2v) is 6.22. The zero-order valence-electron chi connectivity index (χ0n) is 10.1. The zero-order valence-corrected chi connectivity index (χ0v) is 13.3. The van der Waals surface area contributed by atoms with E-state index in [0.717, 1.165) is 47.0 Å². The van der Waals surface area contributed by atoms with Crippen molar-refractivity contribution in [2.75, 3.05) is 33.3 Å². The van der Waals surface area contributed by atoms with Crippen molar-refractivity contribution in [2.45, 2.75) is 6.42 Å². The first-order valence-electron chi connectivity index (χ1n) is 5.55. The first kappa shape index (κ1) is 15.8. The van der Waals surface area contributed by atoms with Crippen LogP contribution in [0.15, 0.2) is 9.85 Å². The highest BCUT2D eigenvalue weighted by Gasteiger charge is 2.20. The normalized spacial score (nSPS) is 15.8. The number of nitrogens with one attached hydrogen (secondary N) is 1. The highest BCUT2D eigenvalue weighted by atomic mass is 79.9. The van der Waals surface area contributed by atoms with Crippen molar-refractivity contribution in [2.24, 2.45) is 0 Å². The fourth-order valence-corrected chi connectivity index (χ4v) is 3.42.